The lowest BCUT2D eigenvalue weighted by Crippen LogP contribution is -2.47. The lowest BCUT2D eigenvalue weighted by atomic mass is 10.1. The molecule has 1 atom stereocenters. The molecule has 0 bridgehead atoms. The summed E-state index contributed by atoms with van der Waals surface area (Å²) >= 11 is 0. The van der Waals surface area contributed by atoms with Gasteiger partial charge in [0.15, 0.2) is 5.82 Å². The Morgan fingerprint density at radius 3 is 2.61 bits per heavy atom. The Labute approximate surface area is 156 Å². The predicted molar refractivity (Wildman–Crippen MR) is 88.5 cm³/mol. The molecule has 0 aliphatic heterocycles. The summed E-state index contributed by atoms with van der Waals surface area (Å²) in [6.45, 7) is 0. The number of ether oxygens (including phenoxy) is 1. The monoisotopic (exact) mass is 395 g/mol. The number of nitrogens with zero attached hydrogens (tertiary/aromatic N) is 3. The van der Waals surface area contributed by atoms with Crippen LogP contribution in [-0.2, 0) is 34.5 Å². The van der Waals surface area contributed by atoms with Crippen LogP contribution in [0.2, 0.25) is 0 Å². The number of hydrogen-bond acceptors (Lipinski definition) is 7. The molecule has 3 rings (SSSR count). The van der Waals surface area contributed by atoms with Crippen LogP contribution in [0.5, 0.6) is 0 Å². The lowest BCUT2D eigenvalue weighted by Gasteiger charge is -2.25. The van der Waals surface area contributed by atoms with E-state index in [1.807, 2.05) is 30.3 Å². The first-order chi connectivity index (χ1) is 13.3. The Morgan fingerprint density at radius 1 is 1.21 bits per heavy atom. The summed E-state index contributed by atoms with van der Waals surface area (Å²) in [4.78, 5) is 21.8. The number of nitrogens with one attached hydrogen (secondary N) is 1. The Hall–Kier alpha value is -3.21. The molecule has 0 aliphatic rings. The maximum Gasteiger partial charge on any atom is 0.491 e. The number of aromatic amines is 1. The molecule has 28 heavy (non-hydrogen) atoms. The van der Waals surface area contributed by atoms with Crippen molar-refractivity contribution in [1.82, 2.24) is 20.1 Å². The predicted octanol–water partition coefficient (Wildman–Crippen LogP) is 2.04. The number of imidazole rings is 1. The number of H-pyrrole nitrogens is 1. The number of carbonyl (C=O) groups is 1. The molecule has 1 aromatic carbocycles. The molecule has 2 heterocycles. The van der Waals surface area contributed by atoms with Crippen molar-refractivity contribution in [3.8, 4) is 0 Å². The Bertz CT molecular complexity index is 912. The van der Waals surface area contributed by atoms with Gasteiger partial charge in [0.05, 0.1) is 12.7 Å². The molecule has 0 saturated carbocycles. The van der Waals surface area contributed by atoms with Gasteiger partial charge >= 0.3 is 12.1 Å². The van der Waals surface area contributed by atoms with Crippen LogP contribution in [0.3, 0.4) is 0 Å². The van der Waals surface area contributed by atoms with E-state index in [1.54, 1.807) is 0 Å². The highest BCUT2D eigenvalue weighted by Crippen LogP contribution is 2.27. The number of carbonyl (C=O) groups excluding carboxylic acids is 1. The van der Waals surface area contributed by atoms with E-state index in [1.165, 1.54) is 12.5 Å². The van der Waals surface area contributed by atoms with E-state index in [9.17, 15) is 18.0 Å². The van der Waals surface area contributed by atoms with Gasteiger partial charge in [0.1, 0.15) is 0 Å². The van der Waals surface area contributed by atoms with Crippen molar-refractivity contribution in [3.63, 3.8) is 0 Å². The summed E-state index contributed by atoms with van der Waals surface area (Å²) in [6, 6.07) is 9.46. The minimum Gasteiger partial charge on any atom is -0.427 e. The van der Waals surface area contributed by atoms with Gasteiger partial charge in [-0.1, -0.05) is 35.5 Å². The third-order valence-electron chi connectivity index (χ3n) is 3.82. The van der Waals surface area contributed by atoms with Gasteiger partial charge < -0.3 is 14.2 Å². The van der Waals surface area contributed by atoms with Crippen molar-refractivity contribution in [3.05, 3.63) is 65.8 Å². The maximum absolute atomic E-state index is 12.7. The smallest absolute Gasteiger partial charge is 0.427 e. The molecular formula is C17H16F3N5O3. The molecule has 3 aromatic rings. The van der Waals surface area contributed by atoms with Crippen LogP contribution in [-0.4, -0.2) is 32.3 Å². The maximum atomic E-state index is 12.7. The van der Waals surface area contributed by atoms with Crippen molar-refractivity contribution in [1.29, 1.82) is 0 Å². The first-order valence-electron chi connectivity index (χ1n) is 8.19. The average molecular weight is 395 g/mol. The van der Waals surface area contributed by atoms with Crippen LogP contribution in [0.25, 0.3) is 0 Å². The van der Waals surface area contributed by atoms with Gasteiger partial charge in [-0.2, -0.15) is 18.2 Å². The number of esters is 1. The van der Waals surface area contributed by atoms with Gasteiger partial charge in [0.2, 0.25) is 5.72 Å². The number of aryl methyl sites for hydroxylation is 2. The summed E-state index contributed by atoms with van der Waals surface area (Å²) in [6.07, 6.45) is -2.01. The fourth-order valence-electron chi connectivity index (χ4n) is 2.47. The minimum absolute atomic E-state index is 0.223. The SMILES string of the molecule is N[C@@](Cc1cnc[nH]1)(OC(=O)C(F)(F)F)c1nc(CCc2ccccc2)no1. The molecule has 8 nitrogen and oxygen atoms in total. The van der Waals surface area contributed by atoms with Crippen LogP contribution >= 0.6 is 0 Å². The number of halogens is 3. The number of nitrogens with two attached hydrogens (primary N) is 1. The summed E-state index contributed by atoms with van der Waals surface area (Å²) in [7, 11) is 0. The third kappa shape index (κ3) is 4.74. The number of hydrogen-bond donors (Lipinski definition) is 2. The van der Waals surface area contributed by atoms with E-state index in [0.717, 1.165) is 5.56 Å². The van der Waals surface area contributed by atoms with Gasteiger partial charge in [-0.3, -0.25) is 5.73 Å². The number of rotatable bonds is 7. The van der Waals surface area contributed by atoms with E-state index in [2.05, 4.69) is 24.8 Å². The lowest BCUT2D eigenvalue weighted by molar-refractivity contribution is -0.217. The Balaban J connectivity index is 1.79. The van der Waals surface area contributed by atoms with E-state index in [4.69, 9.17) is 10.3 Å². The van der Waals surface area contributed by atoms with Crippen molar-refractivity contribution in [2.75, 3.05) is 0 Å². The number of aromatic nitrogens is 4. The second-order valence-corrected chi connectivity index (χ2v) is 6.03. The standard InChI is InChI=1S/C17H16F3N5O3/c18-17(19,20)15(26)27-16(21,8-12-9-22-10-23-12)14-24-13(25-28-14)7-6-11-4-2-1-3-5-11/h1-5,9-10H,6-8,21H2,(H,22,23)/t16-/m0/s1. The van der Waals surface area contributed by atoms with Gasteiger partial charge in [0, 0.05) is 18.3 Å². The highest BCUT2D eigenvalue weighted by molar-refractivity contribution is 5.76. The normalized spacial score (nSPS) is 13.9. The van der Waals surface area contributed by atoms with Crippen LogP contribution in [0.15, 0.2) is 47.4 Å². The highest BCUT2D eigenvalue weighted by Gasteiger charge is 2.48. The van der Waals surface area contributed by atoms with Gasteiger partial charge in [-0.05, 0) is 12.0 Å². The molecule has 148 valence electrons. The summed E-state index contributed by atoms with van der Waals surface area (Å²) in [5, 5.41) is 3.73. The van der Waals surface area contributed by atoms with Gasteiger partial charge in [-0.25, -0.2) is 9.78 Å². The van der Waals surface area contributed by atoms with Crippen LogP contribution < -0.4 is 5.73 Å². The van der Waals surface area contributed by atoms with Crippen LogP contribution in [0, 0.1) is 0 Å². The molecule has 3 N–H and O–H groups in total. The van der Waals surface area contributed by atoms with Crippen LogP contribution in [0.4, 0.5) is 13.2 Å². The van der Waals surface area contributed by atoms with Crippen molar-refractivity contribution < 1.29 is 27.2 Å². The highest BCUT2D eigenvalue weighted by atomic mass is 19.4. The summed E-state index contributed by atoms with van der Waals surface area (Å²) in [5.41, 5.74) is 4.98. The average Bonchev–Trinajstić information content (AvgIpc) is 3.32. The zero-order chi connectivity index (χ0) is 20.2. The zero-order valence-corrected chi connectivity index (χ0v) is 14.4. The molecule has 0 fully saturated rings. The number of alkyl halides is 3. The summed E-state index contributed by atoms with van der Waals surface area (Å²) in [5.74, 6) is -2.68. The fourth-order valence-corrected chi connectivity index (χ4v) is 2.47. The molecule has 0 aliphatic carbocycles. The van der Waals surface area contributed by atoms with Crippen molar-refractivity contribution >= 4 is 5.97 Å². The zero-order valence-electron chi connectivity index (χ0n) is 14.4. The van der Waals surface area contributed by atoms with E-state index in [0.29, 0.717) is 18.5 Å². The third-order valence-corrected chi connectivity index (χ3v) is 3.82. The Kier molecular flexibility index (Phi) is 5.45. The van der Waals surface area contributed by atoms with Crippen molar-refractivity contribution in [2.24, 2.45) is 5.73 Å². The second-order valence-electron chi connectivity index (χ2n) is 6.03. The molecule has 0 radical (unpaired) electrons. The Morgan fingerprint density at radius 2 is 1.96 bits per heavy atom. The van der Waals surface area contributed by atoms with Crippen molar-refractivity contribution in [2.45, 2.75) is 31.2 Å². The van der Waals surface area contributed by atoms with E-state index >= 15 is 0 Å². The van der Waals surface area contributed by atoms with Gasteiger partial charge in [0.25, 0.3) is 5.89 Å². The molecule has 11 heteroatoms. The quantitative estimate of drug-likeness (QED) is 0.464. The second kappa shape index (κ2) is 7.80. The molecule has 0 amide bonds. The molecule has 0 unspecified atom stereocenters. The van der Waals surface area contributed by atoms with E-state index < -0.39 is 23.8 Å². The number of benzene rings is 1. The molecule has 0 spiro atoms. The fraction of sp³-hybridized carbons (Fsp3) is 0.294. The van der Waals surface area contributed by atoms with E-state index in [-0.39, 0.29) is 12.2 Å². The van der Waals surface area contributed by atoms with Crippen LogP contribution in [0.1, 0.15) is 23.0 Å². The topological polar surface area (TPSA) is 120 Å². The van der Waals surface area contributed by atoms with Gasteiger partial charge in [-0.15, -0.1) is 0 Å². The molecule has 0 saturated heterocycles. The largest absolute Gasteiger partial charge is 0.491 e. The first-order valence-corrected chi connectivity index (χ1v) is 8.19. The first kappa shape index (κ1) is 19.5. The minimum atomic E-state index is -5.23. The molecule has 2 aromatic heterocycles. The molecular weight excluding hydrogens is 379 g/mol. The summed E-state index contributed by atoms with van der Waals surface area (Å²) < 4.78 is 47.5.